The van der Waals surface area contributed by atoms with Crippen LogP contribution in [0.15, 0.2) is 23.4 Å². The minimum absolute atomic E-state index is 0.187. The molecular formula is C9H10N2O3S. The molecule has 3 N–H and O–H groups in total. The molecule has 1 aromatic heterocycles. The van der Waals surface area contributed by atoms with Crippen LogP contribution in [0.4, 0.5) is 0 Å². The van der Waals surface area contributed by atoms with Crippen LogP contribution >= 0.6 is 11.8 Å². The van der Waals surface area contributed by atoms with E-state index in [0.29, 0.717) is 10.8 Å². The van der Waals surface area contributed by atoms with E-state index in [-0.39, 0.29) is 17.9 Å². The average Bonchev–Trinajstić information content (AvgIpc) is 2.17. The molecule has 6 heteroatoms. The zero-order valence-corrected chi connectivity index (χ0v) is 8.66. The minimum atomic E-state index is -0.992. The van der Waals surface area contributed by atoms with Gasteiger partial charge in [0.1, 0.15) is 0 Å². The number of rotatable bonds is 5. The van der Waals surface area contributed by atoms with Gasteiger partial charge in [0.2, 0.25) is 5.91 Å². The highest BCUT2D eigenvalue weighted by atomic mass is 32.2. The number of amides is 1. The highest BCUT2D eigenvalue weighted by molar-refractivity contribution is 7.99. The molecule has 0 aliphatic rings. The first-order chi connectivity index (χ1) is 7.09. The molecular weight excluding hydrogens is 216 g/mol. The molecule has 0 aromatic carbocycles. The van der Waals surface area contributed by atoms with Crippen LogP contribution < -0.4 is 5.73 Å². The number of primary amides is 1. The lowest BCUT2D eigenvalue weighted by molar-refractivity contribution is -0.117. The van der Waals surface area contributed by atoms with Gasteiger partial charge < -0.3 is 10.8 Å². The molecule has 1 aromatic rings. The zero-order valence-electron chi connectivity index (χ0n) is 7.84. The molecule has 0 radical (unpaired) electrons. The molecule has 0 spiro atoms. The summed E-state index contributed by atoms with van der Waals surface area (Å²) in [6, 6.07) is 2.88. The molecule has 0 unspecified atom stereocenters. The lowest BCUT2D eigenvalue weighted by atomic mass is 10.3. The van der Waals surface area contributed by atoms with Crippen molar-refractivity contribution in [3.63, 3.8) is 0 Å². The molecule has 0 aliphatic heterocycles. The molecule has 1 amide bonds. The Hall–Kier alpha value is -1.56. The molecule has 0 aliphatic carbocycles. The highest BCUT2D eigenvalue weighted by Gasteiger charge is 2.04. The van der Waals surface area contributed by atoms with Gasteiger partial charge >= 0.3 is 5.97 Å². The Bertz CT molecular complexity index is 381. The van der Waals surface area contributed by atoms with Crippen molar-refractivity contribution >= 4 is 23.6 Å². The fourth-order valence-corrected chi connectivity index (χ4v) is 1.74. The number of aromatic nitrogens is 1. The molecule has 0 saturated carbocycles. The highest BCUT2D eigenvalue weighted by Crippen LogP contribution is 2.16. The normalized spacial score (nSPS) is 9.87. The summed E-state index contributed by atoms with van der Waals surface area (Å²) in [7, 11) is 0. The fourth-order valence-electron chi connectivity index (χ4n) is 0.878. The van der Waals surface area contributed by atoms with Crippen LogP contribution in [-0.4, -0.2) is 27.7 Å². The first kappa shape index (κ1) is 11.5. The third-order valence-corrected chi connectivity index (χ3v) is 2.51. The van der Waals surface area contributed by atoms with Crippen molar-refractivity contribution in [3.8, 4) is 0 Å². The van der Waals surface area contributed by atoms with E-state index in [4.69, 9.17) is 10.8 Å². The van der Waals surface area contributed by atoms with Crippen molar-refractivity contribution in [1.82, 2.24) is 4.98 Å². The lowest BCUT2D eigenvalue weighted by Gasteiger charge is -2.00. The van der Waals surface area contributed by atoms with E-state index in [1.165, 1.54) is 30.1 Å². The summed E-state index contributed by atoms with van der Waals surface area (Å²) in [5.41, 5.74) is 5.15. The molecule has 0 fully saturated rings. The van der Waals surface area contributed by atoms with Gasteiger partial charge in [-0.2, -0.15) is 0 Å². The number of thioether (sulfide) groups is 1. The van der Waals surface area contributed by atoms with Crippen LogP contribution in [0.1, 0.15) is 16.8 Å². The molecule has 80 valence electrons. The number of carbonyl (C=O) groups excluding carboxylic acids is 1. The van der Waals surface area contributed by atoms with Crippen molar-refractivity contribution in [3.05, 3.63) is 23.9 Å². The zero-order chi connectivity index (χ0) is 11.3. The van der Waals surface area contributed by atoms with E-state index in [0.717, 1.165) is 0 Å². The summed E-state index contributed by atoms with van der Waals surface area (Å²) in [6.45, 7) is 0. The average molecular weight is 226 g/mol. The maximum atomic E-state index is 10.6. The number of hydrogen-bond acceptors (Lipinski definition) is 4. The van der Waals surface area contributed by atoms with Gasteiger partial charge in [0.25, 0.3) is 0 Å². The molecule has 5 nitrogen and oxygen atoms in total. The van der Waals surface area contributed by atoms with Crippen LogP contribution in [-0.2, 0) is 4.79 Å². The molecule has 1 rings (SSSR count). The SMILES string of the molecule is NC(=O)CCSc1cc(C(=O)O)ccn1. The van der Waals surface area contributed by atoms with Gasteiger partial charge in [-0.15, -0.1) is 11.8 Å². The van der Waals surface area contributed by atoms with Crippen LogP contribution in [0.25, 0.3) is 0 Å². The summed E-state index contributed by atoms with van der Waals surface area (Å²) in [6.07, 6.45) is 1.68. The maximum absolute atomic E-state index is 10.6. The Morgan fingerprint density at radius 2 is 2.27 bits per heavy atom. The molecule has 0 bridgehead atoms. The summed E-state index contributed by atoms with van der Waals surface area (Å²) in [5, 5.41) is 9.29. The summed E-state index contributed by atoms with van der Waals surface area (Å²) < 4.78 is 0. The van der Waals surface area contributed by atoms with Crippen molar-refractivity contribution in [2.24, 2.45) is 5.73 Å². The van der Waals surface area contributed by atoms with Crippen molar-refractivity contribution in [1.29, 1.82) is 0 Å². The smallest absolute Gasteiger partial charge is 0.335 e. The number of carboxylic acid groups (broad SMARTS) is 1. The minimum Gasteiger partial charge on any atom is -0.478 e. The summed E-state index contributed by atoms with van der Waals surface area (Å²) in [5.74, 6) is -0.864. The third kappa shape index (κ3) is 3.99. The van der Waals surface area contributed by atoms with E-state index in [9.17, 15) is 9.59 Å². The van der Waals surface area contributed by atoms with Crippen LogP contribution in [0.3, 0.4) is 0 Å². The molecule has 1 heterocycles. The van der Waals surface area contributed by atoms with Gasteiger partial charge in [0.15, 0.2) is 0 Å². The predicted molar refractivity (Wildman–Crippen MR) is 55.7 cm³/mol. The Balaban J connectivity index is 2.58. The van der Waals surface area contributed by atoms with Crippen molar-refractivity contribution in [2.45, 2.75) is 11.4 Å². The Labute approximate surface area is 90.7 Å². The monoisotopic (exact) mass is 226 g/mol. The Morgan fingerprint density at radius 3 is 2.87 bits per heavy atom. The van der Waals surface area contributed by atoms with Gasteiger partial charge in [-0.25, -0.2) is 9.78 Å². The first-order valence-electron chi connectivity index (χ1n) is 4.20. The van der Waals surface area contributed by atoms with Crippen molar-refractivity contribution in [2.75, 3.05) is 5.75 Å². The third-order valence-electron chi connectivity index (χ3n) is 1.58. The van der Waals surface area contributed by atoms with Crippen LogP contribution in [0.2, 0.25) is 0 Å². The van der Waals surface area contributed by atoms with Crippen LogP contribution in [0, 0.1) is 0 Å². The van der Waals surface area contributed by atoms with Gasteiger partial charge in [-0.3, -0.25) is 4.79 Å². The number of pyridine rings is 1. The molecule has 0 atom stereocenters. The Kier molecular flexibility index (Phi) is 4.11. The second kappa shape index (κ2) is 5.35. The van der Waals surface area contributed by atoms with E-state index in [1.807, 2.05) is 0 Å². The van der Waals surface area contributed by atoms with Gasteiger partial charge in [0, 0.05) is 18.4 Å². The number of nitrogens with zero attached hydrogens (tertiary/aromatic N) is 1. The second-order valence-corrected chi connectivity index (χ2v) is 3.87. The van der Waals surface area contributed by atoms with Gasteiger partial charge in [-0.05, 0) is 12.1 Å². The van der Waals surface area contributed by atoms with Crippen LogP contribution in [0.5, 0.6) is 0 Å². The van der Waals surface area contributed by atoms with E-state index in [1.54, 1.807) is 0 Å². The number of carbonyl (C=O) groups is 2. The van der Waals surface area contributed by atoms with E-state index < -0.39 is 5.97 Å². The lowest BCUT2D eigenvalue weighted by Crippen LogP contribution is -2.10. The number of hydrogen-bond donors (Lipinski definition) is 2. The van der Waals surface area contributed by atoms with E-state index in [2.05, 4.69) is 4.98 Å². The molecule has 15 heavy (non-hydrogen) atoms. The number of nitrogens with two attached hydrogens (primary N) is 1. The number of aromatic carboxylic acids is 1. The van der Waals surface area contributed by atoms with Crippen molar-refractivity contribution < 1.29 is 14.7 Å². The first-order valence-corrected chi connectivity index (χ1v) is 5.18. The number of carboxylic acids is 1. The van der Waals surface area contributed by atoms with E-state index >= 15 is 0 Å². The Morgan fingerprint density at radius 1 is 1.53 bits per heavy atom. The summed E-state index contributed by atoms with van der Waals surface area (Å²) >= 11 is 1.31. The largest absolute Gasteiger partial charge is 0.478 e. The topological polar surface area (TPSA) is 93.3 Å². The van der Waals surface area contributed by atoms with Gasteiger partial charge in [0.05, 0.1) is 10.6 Å². The standard InChI is InChI=1S/C9H10N2O3S/c10-7(12)2-4-15-8-5-6(9(13)14)1-3-11-8/h1,3,5H,2,4H2,(H2,10,12)(H,13,14). The predicted octanol–water partition coefficient (Wildman–Crippen LogP) is 0.747. The quantitative estimate of drug-likeness (QED) is 0.722. The molecule has 0 saturated heterocycles. The fraction of sp³-hybridized carbons (Fsp3) is 0.222. The van der Waals surface area contributed by atoms with Gasteiger partial charge in [-0.1, -0.05) is 0 Å². The summed E-state index contributed by atoms with van der Waals surface area (Å²) in [4.78, 5) is 25.0. The maximum Gasteiger partial charge on any atom is 0.335 e. The second-order valence-electron chi connectivity index (χ2n) is 2.75.